The molecule has 19 heavy (non-hydrogen) atoms. The van der Waals surface area contributed by atoms with Crippen LogP contribution in [0.15, 0.2) is 23.4 Å². The topological polar surface area (TPSA) is 84.8 Å². The lowest BCUT2D eigenvalue weighted by atomic mass is 10.5. The fourth-order valence-corrected chi connectivity index (χ4v) is 3.85. The summed E-state index contributed by atoms with van der Waals surface area (Å²) in [6, 6.07) is 1.33. The van der Waals surface area contributed by atoms with E-state index in [0.29, 0.717) is 5.92 Å². The average Bonchev–Trinajstić information content (AvgIpc) is 3.11. The van der Waals surface area contributed by atoms with E-state index in [-0.39, 0.29) is 15.0 Å². The Labute approximate surface area is 118 Å². The molecular formula is C10H9ClN4O2S2. The van der Waals surface area contributed by atoms with Crippen molar-refractivity contribution in [3.05, 3.63) is 28.5 Å². The lowest BCUT2D eigenvalue weighted by Crippen LogP contribution is -2.13. The molecule has 0 bridgehead atoms. The molecule has 2 aromatic rings. The van der Waals surface area contributed by atoms with Gasteiger partial charge in [-0.15, -0.1) is 10.2 Å². The van der Waals surface area contributed by atoms with Crippen LogP contribution in [0.5, 0.6) is 0 Å². The van der Waals surface area contributed by atoms with E-state index < -0.39 is 10.0 Å². The van der Waals surface area contributed by atoms with Crippen molar-refractivity contribution in [1.82, 2.24) is 15.2 Å². The summed E-state index contributed by atoms with van der Waals surface area (Å²) in [6.07, 6.45) is 4.80. The molecule has 0 aromatic carbocycles. The Hall–Kier alpha value is -1.25. The Bertz CT molecular complexity index is 712. The number of pyridine rings is 1. The van der Waals surface area contributed by atoms with Gasteiger partial charge >= 0.3 is 0 Å². The van der Waals surface area contributed by atoms with Gasteiger partial charge in [-0.25, -0.2) is 8.42 Å². The molecule has 9 heteroatoms. The molecule has 2 heterocycles. The summed E-state index contributed by atoms with van der Waals surface area (Å²) in [6.45, 7) is 0. The molecule has 1 fully saturated rings. The number of rotatable bonds is 4. The molecule has 0 unspecified atom stereocenters. The maximum Gasteiger partial charge on any atom is 0.265 e. The Balaban J connectivity index is 1.84. The minimum atomic E-state index is -3.72. The molecule has 6 nitrogen and oxygen atoms in total. The summed E-state index contributed by atoms with van der Waals surface area (Å²) >= 11 is 6.99. The van der Waals surface area contributed by atoms with Crippen LogP contribution in [0.4, 0.5) is 5.13 Å². The van der Waals surface area contributed by atoms with Crippen LogP contribution in [0, 0.1) is 0 Å². The highest BCUT2D eigenvalue weighted by atomic mass is 35.5. The van der Waals surface area contributed by atoms with Gasteiger partial charge in [0, 0.05) is 18.3 Å². The number of nitrogens with zero attached hydrogens (tertiary/aromatic N) is 3. The van der Waals surface area contributed by atoms with E-state index in [1.165, 1.54) is 29.8 Å². The van der Waals surface area contributed by atoms with Gasteiger partial charge in [-0.05, 0) is 18.9 Å². The Kier molecular flexibility index (Phi) is 3.15. The number of halogens is 1. The zero-order valence-corrected chi connectivity index (χ0v) is 12.0. The zero-order valence-electron chi connectivity index (χ0n) is 9.58. The van der Waals surface area contributed by atoms with Crippen LogP contribution < -0.4 is 4.72 Å². The van der Waals surface area contributed by atoms with Crippen LogP contribution in [0.1, 0.15) is 23.8 Å². The third-order valence-electron chi connectivity index (χ3n) is 2.58. The molecule has 0 amide bonds. The first kappa shape index (κ1) is 12.8. The molecule has 1 N–H and O–H groups in total. The van der Waals surface area contributed by atoms with Gasteiger partial charge < -0.3 is 0 Å². The molecule has 1 aliphatic rings. The molecule has 1 saturated carbocycles. The molecule has 0 aliphatic heterocycles. The molecule has 0 saturated heterocycles. The van der Waals surface area contributed by atoms with E-state index in [1.807, 2.05) is 0 Å². The SMILES string of the molecule is O=S(=O)(Nc1nnc(C2CC2)s1)c1cncc(Cl)c1. The molecule has 0 atom stereocenters. The van der Waals surface area contributed by atoms with Crippen LogP contribution in [0.25, 0.3) is 0 Å². The predicted molar refractivity (Wildman–Crippen MR) is 71.9 cm³/mol. The van der Waals surface area contributed by atoms with Crippen molar-refractivity contribution in [2.75, 3.05) is 4.72 Å². The number of aromatic nitrogens is 3. The number of nitrogens with one attached hydrogen (secondary N) is 1. The zero-order chi connectivity index (χ0) is 13.5. The highest BCUT2D eigenvalue weighted by Gasteiger charge is 2.28. The molecule has 100 valence electrons. The minimum absolute atomic E-state index is 0.00294. The van der Waals surface area contributed by atoms with Crippen LogP contribution in [0.2, 0.25) is 5.02 Å². The second-order valence-corrected chi connectivity index (χ2v) is 7.29. The summed E-state index contributed by atoms with van der Waals surface area (Å²) in [7, 11) is -3.72. The average molecular weight is 317 g/mol. The van der Waals surface area contributed by atoms with Crippen molar-refractivity contribution < 1.29 is 8.42 Å². The first-order chi connectivity index (χ1) is 9.04. The van der Waals surface area contributed by atoms with Crippen molar-refractivity contribution in [2.45, 2.75) is 23.7 Å². The number of sulfonamides is 1. The lowest BCUT2D eigenvalue weighted by Gasteiger charge is -2.03. The molecule has 2 aromatic heterocycles. The summed E-state index contributed by atoms with van der Waals surface area (Å²) in [4.78, 5) is 3.75. The first-order valence-corrected chi connectivity index (χ1v) is 8.19. The molecule has 0 radical (unpaired) electrons. The standard InChI is InChI=1S/C10H9ClN4O2S2/c11-7-3-8(5-12-4-7)19(16,17)15-10-14-13-9(18-10)6-1-2-6/h3-6H,1-2H2,(H,14,15). The quantitative estimate of drug-likeness (QED) is 0.935. The van der Waals surface area contributed by atoms with Gasteiger partial charge in [-0.1, -0.05) is 22.9 Å². The summed E-state index contributed by atoms with van der Waals surface area (Å²) in [5, 5.41) is 9.21. The van der Waals surface area contributed by atoms with E-state index in [0.717, 1.165) is 17.8 Å². The van der Waals surface area contributed by atoms with Gasteiger partial charge in [0.2, 0.25) is 5.13 Å². The number of anilines is 1. The predicted octanol–water partition coefficient (Wildman–Crippen LogP) is 2.26. The third-order valence-corrected chi connectivity index (χ3v) is 5.22. The lowest BCUT2D eigenvalue weighted by molar-refractivity contribution is 0.600. The van der Waals surface area contributed by atoms with Gasteiger partial charge in [-0.2, -0.15) is 0 Å². The van der Waals surface area contributed by atoms with Crippen LogP contribution in [-0.4, -0.2) is 23.6 Å². The van der Waals surface area contributed by atoms with Gasteiger partial charge in [0.1, 0.15) is 9.90 Å². The van der Waals surface area contributed by atoms with Gasteiger partial charge in [0.25, 0.3) is 10.0 Å². The second kappa shape index (κ2) is 4.69. The van der Waals surface area contributed by atoms with E-state index in [2.05, 4.69) is 19.9 Å². The monoisotopic (exact) mass is 316 g/mol. The normalized spacial score (nSPS) is 15.4. The second-order valence-electron chi connectivity index (χ2n) is 4.16. The largest absolute Gasteiger partial charge is 0.265 e. The molecule has 0 spiro atoms. The molecule has 3 rings (SSSR count). The Morgan fingerprint density at radius 2 is 2.11 bits per heavy atom. The summed E-state index contributed by atoms with van der Waals surface area (Å²) < 4.78 is 26.5. The van der Waals surface area contributed by atoms with Crippen molar-refractivity contribution in [2.24, 2.45) is 0 Å². The van der Waals surface area contributed by atoms with E-state index in [9.17, 15) is 8.42 Å². The Morgan fingerprint density at radius 3 is 2.79 bits per heavy atom. The van der Waals surface area contributed by atoms with Crippen molar-refractivity contribution in [3.63, 3.8) is 0 Å². The van der Waals surface area contributed by atoms with Gasteiger partial charge in [-0.3, -0.25) is 9.71 Å². The maximum absolute atomic E-state index is 12.1. The van der Waals surface area contributed by atoms with E-state index in [1.54, 1.807) is 0 Å². The summed E-state index contributed by atoms with van der Waals surface area (Å²) in [5.41, 5.74) is 0. The van der Waals surface area contributed by atoms with Gasteiger partial charge in [0.15, 0.2) is 0 Å². The molecule has 1 aliphatic carbocycles. The smallest absolute Gasteiger partial charge is 0.262 e. The fourth-order valence-electron chi connectivity index (χ4n) is 1.48. The fraction of sp³-hybridized carbons (Fsp3) is 0.300. The molecular weight excluding hydrogens is 308 g/mol. The number of hydrogen-bond donors (Lipinski definition) is 1. The number of hydrogen-bond acceptors (Lipinski definition) is 6. The van der Waals surface area contributed by atoms with Crippen LogP contribution in [0.3, 0.4) is 0 Å². The van der Waals surface area contributed by atoms with Crippen molar-refractivity contribution in [1.29, 1.82) is 0 Å². The maximum atomic E-state index is 12.1. The third kappa shape index (κ3) is 2.85. The highest BCUT2D eigenvalue weighted by molar-refractivity contribution is 7.93. The van der Waals surface area contributed by atoms with Crippen molar-refractivity contribution >= 4 is 38.1 Å². The van der Waals surface area contributed by atoms with E-state index >= 15 is 0 Å². The van der Waals surface area contributed by atoms with Gasteiger partial charge in [0.05, 0.1) is 5.02 Å². The summed E-state index contributed by atoms with van der Waals surface area (Å²) in [5.74, 6) is 0.448. The van der Waals surface area contributed by atoms with Crippen LogP contribution >= 0.6 is 22.9 Å². The van der Waals surface area contributed by atoms with Crippen LogP contribution in [-0.2, 0) is 10.0 Å². The minimum Gasteiger partial charge on any atom is -0.262 e. The Morgan fingerprint density at radius 1 is 1.32 bits per heavy atom. The highest BCUT2D eigenvalue weighted by Crippen LogP contribution is 2.42. The van der Waals surface area contributed by atoms with E-state index in [4.69, 9.17) is 11.6 Å². The first-order valence-electron chi connectivity index (χ1n) is 5.51. The van der Waals surface area contributed by atoms with Crippen molar-refractivity contribution in [3.8, 4) is 0 Å².